The third-order valence-corrected chi connectivity index (χ3v) is 5.77. The van der Waals surface area contributed by atoms with Crippen molar-refractivity contribution in [2.24, 2.45) is 0 Å². The van der Waals surface area contributed by atoms with Crippen molar-refractivity contribution in [3.05, 3.63) is 11.3 Å². The molecule has 0 amide bonds. The van der Waals surface area contributed by atoms with Crippen LogP contribution in [-0.2, 0) is 23.8 Å². The Labute approximate surface area is 177 Å². The average Bonchev–Trinajstić information content (AvgIpc) is 2.50. The van der Waals surface area contributed by atoms with Crippen LogP contribution in [0.1, 0.15) is 65.7 Å². The Bertz CT molecular complexity index is 573. The monoisotopic (exact) mass is 428 g/mol. The molecule has 0 aromatic rings. The number of carbonyl (C=O) groups excluding carboxylic acids is 2. The maximum absolute atomic E-state index is 12.3. The van der Waals surface area contributed by atoms with Gasteiger partial charge in [0, 0.05) is 6.42 Å². The summed E-state index contributed by atoms with van der Waals surface area (Å²) in [6.07, 6.45) is 2.74. The molecule has 29 heavy (non-hydrogen) atoms. The van der Waals surface area contributed by atoms with Gasteiger partial charge in [-0.05, 0) is 52.9 Å². The maximum Gasteiger partial charge on any atom is 0.308 e. The van der Waals surface area contributed by atoms with Gasteiger partial charge in [-0.2, -0.15) is 0 Å². The lowest BCUT2D eigenvalue weighted by Crippen LogP contribution is -2.35. The van der Waals surface area contributed by atoms with Gasteiger partial charge in [-0.1, -0.05) is 30.9 Å². The predicted molar refractivity (Wildman–Crippen MR) is 116 cm³/mol. The highest BCUT2D eigenvalue weighted by atomic mass is 28.3. The summed E-state index contributed by atoms with van der Waals surface area (Å²) in [5, 5.41) is 10.4. The summed E-state index contributed by atoms with van der Waals surface area (Å²) < 4.78 is 16.2. The highest BCUT2D eigenvalue weighted by molar-refractivity contribution is 6.81. The molecule has 0 unspecified atom stereocenters. The number of methoxy groups -OCH3 is 1. The minimum absolute atomic E-state index is 0.132. The van der Waals surface area contributed by atoms with E-state index in [0.717, 1.165) is 12.8 Å². The molecule has 1 fully saturated rings. The fourth-order valence-corrected chi connectivity index (χ4v) is 5.06. The molecule has 1 saturated heterocycles. The Balaban J connectivity index is 2.71. The first-order valence-electron chi connectivity index (χ1n) is 10.6. The standard InChI is InChI=1S/C22H40O6Si/c1-22(2,3)28-21(25)14-19-12-16(15-29(5,6)7)11-18(27-19)13-17(23)9-8-10-20(24)26-4/h15,17-19,23H,8-14H2,1-7H3/b16-15-/t17-,18+,19-/m1/s1. The van der Waals surface area contributed by atoms with E-state index < -0.39 is 19.8 Å². The highest BCUT2D eigenvalue weighted by Crippen LogP contribution is 2.31. The SMILES string of the molecule is COC(=O)CCC[C@@H](O)C[C@@H]1C/C(=C/[Si](C)(C)C)C[C@H](CC(=O)OC(C)(C)C)O1. The number of aliphatic hydroxyl groups excluding tert-OH is 1. The van der Waals surface area contributed by atoms with E-state index in [1.165, 1.54) is 12.7 Å². The Morgan fingerprint density at radius 1 is 1.21 bits per heavy atom. The van der Waals surface area contributed by atoms with Gasteiger partial charge in [-0.25, -0.2) is 0 Å². The van der Waals surface area contributed by atoms with Crippen LogP contribution in [0.3, 0.4) is 0 Å². The van der Waals surface area contributed by atoms with Crippen molar-refractivity contribution >= 4 is 20.0 Å². The summed E-state index contributed by atoms with van der Waals surface area (Å²) in [4.78, 5) is 23.5. The maximum atomic E-state index is 12.3. The fourth-order valence-electron chi connectivity index (χ4n) is 3.60. The molecule has 7 heteroatoms. The van der Waals surface area contributed by atoms with E-state index in [2.05, 4.69) is 30.1 Å². The summed E-state index contributed by atoms with van der Waals surface area (Å²) >= 11 is 0. The molecule has 3 atom stereocenters. The van der Waals surface area contributed by atoms with Crippen LogP contribution in [0.4, 0.5) is 0 Å². The van der Waals surface area contributed by atoms with Crippen molar-refractivity contribution in [1.29, 1.82) is 0 Å². The topological polar surface area (TPSA) is 82.1 Å². The summed E-state index contributed by atoms with van der Waals surface area (Å²) in [7, 11) is -0.0405. The van der Waals surface area contributed by atoms with E-state index in [1.54, 1.807) is 0 Å². The zero-order valence-electron chi connectivity index (χ0n) is 19.2. The van der Waals surface area contributed by atoms with Gasteiger partial charge in [-0.3, -0.25) is 9.59 Å². The molecule has 1 aliphatic heterocycles. The molecule has 1 N–H and O–H groups in total. The molecule has 1 rings (SSSR count). The second-order valence-electron chi connectivity index (χ2n) is 10.1. The second-order valence-corrected chi connectivity index (χ2v) is 15.1. The van der Waals surface area contributed by atoms with Gasteiger partial charge < -0.3 is 19.3 Å². The molecular weight excluding hydrogens is 388 g/mol. The zero-order valence-corrected chi connectivity index (χ0v) is 20.2. The minimum atomic E-state index is -1.41. The van der Waals surface area contributed by atoms with Gasteiger partial charge in [-0.15, -0.1) is 0 Å². The molecule has 0 aliphatic carbocycles. The molecule has 0 spiro atoms. The normalized spacial score (nSPS) is 23.0. The van der Waals surface area contributed by atoms with Gasteiger partial charge in [0.25, 0.3) is 0 Å². The average molecular weight is 429 g/mol. The van der Waals surface area contributed by atoms with E-state index in [9.17, 15) is 14.7 Å². The molecule has 0 bridgehead atoms. The van der Waals surface area contributed by atoms with Crippen LogP contribution < -0.4 is 0 Å². The number of carbonyl (C=O) groups is 2. The van der Waals surface area contributed by atoms with E-state index in [-0.39, 0.29) is 30.6 Å². The van der Waals surface area contributed by atoms with Gasteiger partial charge in [0.1, 0.15) is 5.60 Å². The third kappa shape index (κ3) is 12.2. The number of rotatable bonds is 9. The Hall–Kier alpha value is -1.18. The van der Waals surface area contributed by atoms with E-state index in [4.69, 9.17) is 9.47 Å². The first kappa shape index (κ1) is 25.9. The predicted octanol–water partition coefficient (Wildman–Crippen LogP) is 4.16. The lowest BCUT2D eigenvalue weighted by Gasteiger charge is -2.34. The quantitative estimate of drug-likeness (QED) is 0.438. The number of hydrogen-bond acceptors (Lipinski definition) is 6. The van der Waals surface area contributed by atoms with Gasteiger partial charge in [0.05, 0.1) is 39.9 Å². The lowest BCUT2D eigenvalue weighted by molar-refractivity contribution is -0.160. The van der Waals surface area contributed by atoms with E-state index in [1.807, 2.05) is 20.8 Å². The third-order valence-electron chi connectivity index (χ3n) is 4.50. The highest BCUT2D eigenvalue weighted by Gasteiger charge is 2.31. The second kappa shape index (κ2) is 11.3. The van der Waals surface area contributed by atoms with Crippen LogP contribution in [0.15, 0.2) is 11.3 Å². The number of ether oxygens (including phenoxy) is 3. The number of aliphatic hydroxyl groups is 1. The zero-order chi connectivity index (χ0) is 22.2. The minimum Gasteiger partial charge on any atom is -0.469 e. The van der Waals surface area contributed by atoms with Gasteiger partial charge >= 0.3 is 11.9 Å². The van der Waals surface area contributed by atoms with Gasteiger partial charge in [0.15, 0.2) is 0 Å². The van der Waals surface area contributed by atoms with Crippen LogP contribution in [0.25, 0.3) is 0 Å². The van der Waals surface area contributed by atoms with Gasteiger partial charge in [0.2, 0.25) is 0 Å². The first-order chi connectivity index (χ1) is 13.3. The Morgan fingerprint density at radius 3 is 2.38 bits per heavy atom. The van der Waals surface area contributed by atoms with Crippen molar-refractivity contribution in [1.82, 2.24) is 0 Å². The van der Waals surface area contributed by atoms with Crippen molar-refractivity contribution in [3.63, 3.8) is 0 Å². The van der Waals surface area contributed by atoms with Crippen LogP contribution in [0.5, 0.6) is 0 Å². The van der Waals surface area contributed by atoms with Crippen LogP contribution in [0, 0.1) is 0 Å². The van der Waals surface area contributed by atoms with Crippen LogP contribution in [-0.4, -0.2) is 56.1 Å². The molecule has 6 nitrogen and oxygen atoms in total. The summed E-state index contributed by atoms with van der Waals surface area (Å²) in [6.45, 7) is 12.4. The summed E-state index contributed by atoms with van der Waals surface area (Å²) in [5.41, 5.74) is 3.18. The first-order valence-corrected chi connectivity index (χ1v) is 14.2. The van der Waals surface area contributed by atoms with Crippen LogP contribution in [0.2, 0.25) is 19.6 Å². The largest absolute Gasteiger partial charge is 0.469 e. The molecule has 1 heterocycles. The number of esters is 2. The van der Waals surface area contributed by atoms with Crippen molar-refractivity contribution in [2.45, 2.75) is 109 Å². The number of hydrogen-bond donors (Lipinski definition) is 1. The molecule has 0 radical (unpaired) electrons. The molecule has 0 aromatic heterocycles. The van der Waals surface area contributed by atoms with Crippen LogP contribution >= 0.6 is 0 Å². The fraction of sp³-hybridized carbons (Fsp3) is 0.818. The molecule has 0 aromatic carbocycles. The van der Waals surface area contributed by atoms with Crippen molar-refractivity contribution in [3.8, 4) is 0 Å². The van der Waals surface area contributed by atoms with Crippen molar-refractivity contribution in [2.75, 3.05) is 7.11 Å². The van der Waals surface area contributed by atoms with E-state index in [0.29, 0.717) is 25.7 Å². The Kier molecular flexibility index (Phi) is 10.1. The van der Waals surface area contributed by atoms with Crippen molar-refractivity contribution < 1.29 is 28.9 Å². The molecule has 168 valence electrons. The smallest absolute Gasteiger partial charge is 0.308 e. The summed E-state index contributed by atoms with van der Waals surface area (Å²) in [6, 6.07) is 0. The summed E-state index contributed by atoms with van der Waals surface area (Å²) in [5.74, 6) is -0.516. The molecule has 1 aliphatic rings. The molecular formula is C22H40O6Si. The molecule has 0 saturated carbocycles. The van der Waals surface area contributed by atoms with E-state index >= 15 is 0 Å². The lowest BCUT2D eigenvalue weighted by atomic mass is 9.93. The Morgan fingerprint density at radius 2 is 1.83 bits per heavy atom.